The highest BCUT2D eigenvalue weighted by atomic mass is 79.9. The van der Waals surface area contributed by atoms with E-state index in [2.05, 4.69) is 158 Å². The van der Waals surface area contributed by atoms with E-state index in [0.717, 1.165) is 67.2 Å². The van der Waals surface area contributed by atoms with E-state index in [4.69, 9.17) is 34.9 Å². The normalized spacial score (nSPS) is 11.2. The van der Waals surface area contributed by atoms with Crippen LogP contribution in [0.2, 0.25) is 0 Å². The molecule has 0 radical (unpaired) electrons. The van der Waals surface area contributed by atoms with Gasteiger partial charge in [0, 0.05) is 22.6 Å². The Labute approximate surface area is 565 Å². The molecular weight excluding hydrogens is 1240 g/mol. The van der Waals surface area contributed by atoms with Gasteiger partial charge < -0.3 is 29.4 Å². The molecule has 0 bridgehead atoms. The SMILES string of the molecule is CC(C)(C)c1ccc(Br)c(Oc2ccccc2)c1.CC(C)(C)c1ccc(CN)c(Oc2ccccc2)c1.CC(C)(C)c1ccc(CN=[N+]=[N-])c(Oc2ccccc2)c1.CC(C)(C)c1ccc(F)c(Oc2ccc(F)cc2)c1.CC(C)(C)c1ccc(Oc2ccccc2)cc1. The van der Waals surface area contributed by atoms with E-state index in [9.17, 15) is 8.78 Å². The molecule has 0 amide bonds. The molecule has 490 valence electrons. The first kappa shape index (κ1) is 73.9. The van der Waals surface area contributed by atoms with E-state index in [0.29, 0.717) is 12.3 Å². The first-order valence-corrected chi connectivity index (χ1v) is 32.2. The third-order valence-electron chi connectivity index (χ3n) is 14.6. The minimum absolute atomic E-state index is 0.0336. The molecule has 0 aliphatic rings. The topological polar surface area (TPSA) is 121 Å². The third-order valence-corrected chi connectivity index (χ3v) is 15.3. The molecule has 10 aromatic carbocycles. The Morgan fingerprint density at radius 2 is 0.649 bits per heavy atom. The number of para-hydroxylation sites is 4. The highest BCUT2D eigenvalue weighted by Gasteiger charge is 2.21. The van der Waals surface area contributed by atoms with Crippen LogP contribution in [0.4, 0.5) is 8.78 Å². The number of nitrogens with two attached hydrogens (primary N) is 1. The van der Waals surface area contributed by atoms with Crippen molar-refractivity contribution >= 4 is 15.9 Å². The monoisotopic (exact) mass is 1330 g/mol. The molecule has 0 fully saturated rings. The van der Waals surface area contributed by atoms with Gasteiger partial charge in [-0.1, -0.05) is 230 Å². The maximum Gasteiger partial charge on any atom is 0.165 e. The molecule has 9 nitrogen and oxygen atoms in total. The molecule has 0 unspecified atom stereocenters. The summed E-state index contributed by atoms with van der Waals surface area (Å²) in [7, 11) is 0. The van der Waals surface area contributed by atoms with E-state index < -0.39 is 5.82 Å². The lowest BCUT2D eigenvalue weighted by Gasteiger charge is -2.21. The van der Waals surface area contributed by atoms with Crippen LogP contribution in [-0.4, -0.2) is 0 Å². The van der Waals surface area contributed by atoms with Crippen molar-refractivity contribution < 1.29 is 32.5 Å². The Kier molecular flexibility index (Phi) is 26.8. The van der Waals surface area contributed by atoms with Gasteiger partial charge in [0.15, 0.2) is 11.6 Å². The van der Waals surface area contributed by atoms with E-state index >= 15 is 0 Å². The molecule has 0 aromatic heterocycles. The van der Waals surface area contributed by atoms with Crippen molar-refractivity contribution in [2.24, 2.45) is 10.8 Å². The van der Waals surface area contributed by atoms with Gasteiger partial charge >= 0.3 is 0 Å². The van der Waals surface area contributed by atoms with Crippen molar-refractivity contribution in [2.75, 3.05) is 0 Å². The first-order valence-electron chi connectivity index (χ1n) is 31.4. The third kappa shape index (κ3) is 24.4. The maximum atomic E-state index is 13.7. The van der Waals surface area contributed by atoms with Crippen LogP contribution in [-0.2, 0) is 40.2 Å². The molecule has 94 heavy (non-hydrogen) atoms. The summed E-state index contributed by atoms with van der Waals surface area (Å²) in [6.45, 7) is 33.1. The van der Waals surface area contributed by atoms with E-state index in [1.807, 2.05) is 172 Å². The quantitative estimate of drug-likeness (QED) is 0.0697. The molecule has 0 heterocycles. The van der Waals surface area contributed by atoms with Crippen molar-refractivity contribution in [3.05, 3.63) is 308 Å². The molecule has 0 spiro atoms. The smallest absolute Gasteiger partial charge is 0.165 e. The second kappa shape index (κ2) is 34.1. The number of halogens is 3. The van der Waals surface area contributed by atoms with Gasteiger partial charge in [0.2, 0.25) is 0 Å². The summed E-state index contributed by atoms with van der Waals surface area (Å²) in [5.74, 6) is 6.42. The number of nitrogens with zero attached hydrogens (tertiary/aromatic N) is 3. The molecule has 0 atom stereocenters. The van der Waals surface area contributed by atoms with Gasteiger partial charge in [-0.25, -0.2) is 8.78 Å². The summed E-state index contributed by atoms with van der Waals surface area (Å²) >= 11 is 3.53. The highest BCUT2D eigenvalue weighted by molar-refractivity contribution is 9.10. The molecule has 0 aliphatic heterocycles. The zero-order valence-corrected chi connectivity index (χ0v) is 58.7. The lowest BCUT2D eigenvalue weighted by atomic mass is 9.86. The van der Waals surface area contributed by atoms with Crippen molar-refractivity contribution in [2.45, 2.75) is 144 Å². The Bertz CT molecular complexity index is 3980. The fraction of sp³-hybridized carbons (Fsp3) is 0.268. The molecule has 2 N–H and O–H groups in total. The van der Waals surface area contributed by atoms with Crippen LogP contribution in [0.3, 0.4) is 0 Å². The van der Waals surface area contributed by atoms with Crippen LogP contribution in [0, 0.1) is 11.6 Å². The van der Waals surface area contributed by atoms with Gasteiger partial charge in [-0.05, 0) is 198 Å². The van der Waals surface area contributed by atoms with Crippen LogP contribution in [0.25, 0.3) is 10.4 Å². The van der Waals surface area contributed by atoms with Gasteiger partial charge in [0.25, 0.3) is 0 Å². The van der Waals surface area contributed by atoms with Crippen LogP contribution in [0.5, 0.6) is 57.5 Å². The van der Waals surface area contributed by atoms with Crippen molar-refractivity contribution in [1.82, 2.24) is 0 Å². The average Bonchev–Trinajstić information content (AvgIpc) is 0.871. The standard InChI is InChI=1S/C17H19N3O.C17H21NO.C16H17BrO.C16H16F2O.C16H18O/c1-17(2,3)14-10-9-13(12-19-20-18)16(11-14)21-15-7-5-4-6-8-15;1-17(2,3)14-10-9-13(12-18)16(11-14)19-15-7-5-4-6-8-15;1-16(2,3)12-9-10-14(17)15(11-12)18-13-7-5-4-6-8-13;1-16(2,3)11-4-9-14(18)15(10-11)19-13-7-5-12(17)6-8-13;1-16(2,3)13-9-11-15(12-10-13)17-14-7-5-4-6-8-14/h4-11H,12H2,1-3H3;4-11H,12,18H2,1-3H3;4-11H,1-3H3;4-10H,1-3H3;4-12H,1-3H3. The Morgan fingerprint density at radius 3 is 1.05 bits per heavy atom. The molecule has 10 aromatic rings. The zero-order chi connectivity index (χ0) is 68.7. The molecular formula is C82H91BrF2N4O5. The van der Waals surface area contributed by atoms with Crippen molar-refractivity contribution in [3.63, 3.8) is 0 Å². The van der Waals surface area contributed by atoms with Gasteiger partial charge in [-0.15, -0.1) is 0 Å². The molecule has 0 saturated heterocycles. The molecule has 0 aliphatic carbocycles. The first-order chi connectivity index (χ1) is 44.4. The van der Waals surface area contributed by atoms with Gasteiger partial charge in [-0.3, -0.25) is 0 Å². The maximum absolute atomic E-state index is 13.7. The highest BCUT2D eigenvalue weighted by Crippen LogP contribution is 2.37. The minimum atomic E-state index is -0.433. The summed E-state index contributed by atoms with van der Waals surface area (Å²) in [5.41, 5.74) is 22.5. The van der Waals surface area contributed by atoms with Crippen LogP contribution < -0.4 is 29.4 Å². The zero-order valence-electron chi connectivity index (χ0n) is 57.1. The Morgan fingerprint density at radius 1 is 0.351 bits per heavy atom. The number of hydrogen-bond acceptors (Lipinski definition) is 7. The molecule has 10 rings (SSSR count). The van der Waals surface area contributed by atoms with E-state index in [1.165, 1.54) is 52.6 Å². The minimum Gasteiger partial charge on any atom is -0.457 e. The predicted octanol–water partition coefficient (Wildman–Crippen LogP) is 25.2. The van der Waals surface area contributed by atoms with Crippen LogP contribution in [0.15, 0.2) is 252 Å². The van der Waals surface area contributed by atoms with Gasteiger partial charge in [0.1, 0.15) is 57.6 Å². The van der Waals surface area contributed by atoms with Crippen LogP contribution >= 0.6 is 15.9 Å². The lowest BCUT2D eigenvalue weighted by Crippen LogP contribution is -2.12. The van der Waals surface area contributed by atoms with Gasteiger partial charge in [-0.2, -0.15) is 0 Å². The van der Waals surface area contributed by atoms with E-state index in [-0.39, 0.29) is 45.2 Å². The average molecular weight is 1330 g/mol. The Hall–Kier alpha value is -9.19. The number of azide groups is 1. The summed E-state index contributed by atoms with van der Waals surface area (Å²) in [6.07, 6.45) is 0. The second-order valence-corrected chi connectivity index (χ2v) is 28.4. The summed E-state index contributed by atoms with van der Waals surface area (Å²) in [6, 6.07) is 76.2. The fourth-order valence-corrected chi connectivity index (χ4v) is 9.19. The number of ether oxygens (including phenoxy) is 5. The number of hydrogen-bond donors (Lipinski definition) is 1. The van der Waals surface area contributed by atoms with Crippen molar-refractivity contribution in [1.29, 1.82) is 0 Å². The summed E-state index contributed by atoms with van der Waals surface area (Å²) in [5, 5.41) is 3.64. The van der Waals surface area contributed by atoms with Crippen molar-refractivity contribution in [3.8, 4) is 57.5 Å². The van der Waals surface area contributed by atoms with E-state index in [1.54, 1.807) is 12.1 Å². The predicted molar refractivity (Wildman–Crippen MR) is 387 cm³/mol. The molecule has 0 saturated carbocycles. The number of benzene rings is 10. The fourth-order valence-electron chi connectivity index (χ4n) is 8.86. The summed E-state index contributed by atoms with van der Waals surface area (Å²) < 4.78 is 56.5. The van der Waals surface area contributed by atoms with Gasteiger partial charge in [0.05, 0.1) is 11.0 Å². The largest absolute Gasteiger partial charge is 0.457 e. The number of rotatable bonds is 13. The molecule has 12 heteroatoms. The Balaban J connectivity index is 0.000000186. The lowest BCUT2D eigenvalue weighted by molar-refractivity contribution is 0.437. The van der Waals surface area contributed by atoms with Crippen LogP contribution in [0.1, 0.15) is 143 Å². The second-order valence-electron chi connectivity index (χ2n) is 27.5. The summed E-state index contributed by atoms with van der Waals surface area (Å²) in [4.78, 5) is 2.82.